The van der Waals surface area contributed by atoms with Crippen LogP contribution in [0.15, 0.2) is 0 Å². The molecular weight excluding hydrogens is 272 g/mol. The van der Waals surface area contributed by atoms with Crippen molar-refractivity contribution >= 4 is 5.82 Å². The van der Waals surface area contributed by atoms with Gasteiger partial charge in [-0.2, -0.15) is 10.5 Å². The minimum Gasteiger partial charge on any atom is -0.355 e. The maximum atomic E-state index is 9.64. The van der Waals surface area contributed by atoms with Crippen LogP contribution in [0.4, 0.5) is 5.82 Å². The lowest BCUT2D eigenvalue weighted by molar-refractivity contribution is 0.568. The van der Waals surface area contributed by atoms with Crippen molar-refractivity contribution in [2.75, 3.05) is 18.0 Å². The van der Waals surface area contributed by atoms with E-state index < -0.39 is 0 Å². The summed E-state index contributed by atoms with van der Waals surface area (Å²) in [6.07, 6.45) is 10.0. The number of aromatic nitrogens is 1. The normalized spacial score (nSPS) is 18.5. The lowest BCUT2D eigenvalue weighted by Gasteiger charge is -2.30. The zero-order valence-electron chi connectivity index (χ0n) is 13.1. The molecule has 4 nitrogen and oxygen atoms in total. The van der Waals surface area contributed by atoms with E-state index in [9.17, 15) is 10.5 Å². The number of hydrogen-bond donors (Lipinski definition) is 0. The highest BCUT2D eigenvalue weighted by atomic mass is 15.2. The van der Waals surface area contributed by atoms with Crippen molar-refractivity contribution in [3.63, 3.8) is 0 Å². The fraction of sp³-hybridized carbons (Fsp3) is 0.611. The molecule has 0 N–H and O–H groups in total. The van der Waals surface area contributed by atoms with Crippen LogP contribution in [0, 0.1) is 22.7 Å². The highest BCUT2D eigenvalue weighted by Gasteiger charge is 2.24. The fourth-order valence-electron chi connectivity index (χ4n) is 3.65. The molecule has 114 valence electrons. The maximum Gasteiger partial charge on any atom is 0.148 e. The van der Waals surface area contributed by atoms with Crippen molar-refractivity contribution in [1.29, 1.82) is 10.5 Å². The van der Waals surface area contributed by atoms with Gasteiger partial charge in [0.2, 0.25) is 0 Å². The van der Waals surface area contributed by atoms with Crippen molar-refractivity contribution in [3.05, 3.63) is 22.4 Å². The molecular formula is C18H22N4. The molecule has 1 aromatic heterocycles. The van der Waals surface area contributed by atoms with E-state index in [0.717, 1.165) is 68.7 Å². The highest BCUT2D eigenvalue weighted by Crippen LogP contribution is 2.31. The third kappa shape index (κ3) is 2.79. The Bertz CT molecular complexity index is 630. The Morgan fingerprint density at radius 2 is 1.41 bits per heavy atom. The van der Waals surface area contributed by atoms with E-state index in [1.54, 1.807) is 0 Å². The van der Waals surface area contributed by atoms with Gasteiger partial charge in [-0.15, -0.1) is 0 Å². The molecule has 1 fully saturated rings. The van der Waals surface area contributed by atoms with Gasteiger partial charge >= 0.3 is 0 Å². The molecule has 2 aliphatic rings. The van der Waals surface area contributed by atoms with Crippen LogP contribution in [-0.2, 0) is 12.8 Å². The Hall–Kier alpha value is -2.07. The third-order valence-corrected chi connectivity index (χ3v) is 4.83. The van der Waals surface area contributed by atoms with E-state index in [2.05, 4.69) is 17.0 Å². The van der Waals surface area contributed by atoms with Gasteiger partial charge in [0.05, 0.1) is 5.56 Å². The monoisotopic (exact) mass is 294 g/mol. The first-order chi connectivity index (χ1) is 10.8. The van der Waals surface area contributed by atoms with Gasteiger partial charge in [-0.25, -0.2) is 4.98 Å². The minimum atomic E-state index is 0.503. The zero-order valence-corrected chi connectivity index (χ0v) is 13.1. The molecule has 0 radical (unpaired) electrons. The molecule has 0 atom stereocenters. The molecule has 22 heavy (non-hydrogen) atoms. The first-order valence-electron chi connectivity index (χ1n) is 8.46. The lowest BCUT2D eigenvalue weighted by atomic mass is 9.91. The molecule has 1 aliphatic carbocycles. The third-order valence-electron chi connectivity index (χ3n) is 4.83. The highest BCUT2D eigenvalue weighted by molar-refractivity contribution is 5.65. The molecule has 0 spiro atoms. The standard InChI is InChI=1S/C18H22N4/c19-12-15-14-8-4-1-2-5-9-17(14)21-18(16(15)13-20)22-10-6-3-7-11-22/h1-11H2. The number of piperidine rings is 1. The molecule has 1 aliphatic heterocycles. The Kier molecular flexibility index (Phi) is 4.59. The average molecular weight is 294 g/mol. The van der Waals surface area contributed by atoms with Crippen molar-refractivity contribution < 1.29 is 0 Å². The number of anilines is 1. The predicted octanol–water partition coefficient (Wildman–Crippen LogP) is 3.47. The van der Waals surface area contributed by atoms with E-state index in [4.69, 9.17) is 4.98 Å². The van der Waals surface area contributed by atoms with Crippen LogP contribution >= 0.6 is 0 Å². The zero-order chi connectivity index (χ0) is 15.4. The quantitative estimate of drug-likeness (QED) is 0.795. The van der Waals surface area contributed by atoms with Crippen LogP contribution in [-0.4, -0.2) is 18.1 Å². The molecule has 0 saturated carbocycles. The molecule has 0 bridgehead atoms. The Morgan fingerprint density at radius 1 is 0.773 bits per heavy atom. The van der Waals surface area contributed by atoms with E-state index in [0.29, 0.717) is 11.1 Å². The predicted molar refractivity (Wildman–Crippen MR) is 85.6 cm³/mol. The van der Waals surface area contributed by atoms with Gasteiger partial charge in [0.15, 0.2) is 0 Å². The van der Waals surface area contributed by atoms with Crippen LogP contribution < -0.4 is 4.90 Å². The summed E-state index contributed by atoms with van der Waals surface area (Å²) < 4.78 is 0. The van der Waals surface area contributed by atoms with Crippen molar-refractivity contribution in [2.24, 2.45) is 0 Å². The fourth-order valence-corrected chi connectivity index (χ4v) is 3.65. The number of rotatable bonds is 1. The number of fused-ring (bicyclic) bond motifs is 1. The van der Waals surface area contributed by atoms with Gasteiger partial charge in [0.1, 0.15) is 23.5 Å². The summed E-state index contributed by atoms with van der Waals surface area (Å²) in [7, 11) is 0. The van der Waals surface area contributed by atoms with E-state index in [-0.39, 0.29) is 0 Å². The summed E-state index contributed by atoms with van der Waals surface area (Å²) in [5.41, 5.74) is 3.20. The topological polar surface area (TPSA) is 63.7 Å². The Morgan fingerprint density at radius 3 is 2.09 bits per heavy atom. The van der Waals surface area contributed by atoms with Crippen molar-refractivity contribution in [1.82, 2.24) is 4.98 Å². The minimum absolute atomic E-state index is 0.503. The molecule has 2 heterocycles. The van der Waals surface area contributed by atoms with Crippen LogP contribution in [0.3, 0.4) is 0 Å². The molecule has 0 aromatic carbocycles. The summed E-state index contributed by atoms with van der Waals surface area (Å²) in [5, 5.41) is 19.3. The van der Waals surface area contributed by atoms with Gasteiger partial charge in [-0.3, -0.25) is 0 Å². The van der Waals surface area contributed by atoms with Crippen LogP contribution in [0.25, 0.3) is 0 Å². The number of hydrogen-bond acceptors (Lipinski definition) is 4. The van der Waals surface area contributed by atoms with Crippen LogP contribution in [0.5, 0.6) is 0 Å². The van der Waals surface area contributed by atoms with Gasteiger partial charge in [0.25, 0.3) is 0 Å². The Labute approximate surface area is 132 Å². The summed E-state index contributed by atoms with van der Waals surface area (Å²) in [6, 6.07) is 4.59. The SMILES string of the molecule is N#Cc1c(N2CCCCC2)nc2c(c1C#N)CCCCCC2. The summed E-state index contributed by atoms with van der Waals surface area (Å²) in [5.74, 6) is 0.762. The van der Waals surface area contributed by atoms with Crippen molar-refractivity contribution in [3.8, 4) is 12.1 Å². The van der Waals surface area contributed by atoms with E-state index in [1.165, 1.54) is 19.3 Å². The van der Waals surface area contributed by atoms with Crippen molar-refractivity contribution in [2.45, 2.75) is 57.8 Å². The molecule has 0 unspecified atom stereocenters. The van der Waals surface area contributed by atoms with Crippen LogP contribution in [0.1, 0.15) is 67.3 Å². The lowest BCUT2D eigenvalue weighted by Crippen LogP contribution is -2.31. The molecule has 3 rings (SSSR count). The Balaban J connectivity index is 2.11. The summed E-state index contributed by atoms with van der Waals surface area (Å²) >= 11 is 0. The molecule has 4 heteroatoms. The van der Waals surface area contributed by atoms with Gasteiger partial charge in [-0.1, -0.05) is 12.8 Å². The molecule has 0 amide bonds. The van der Waals surface area contributed by atoms with E-state index in [1.807, 2.05) is 0 Å². The first-order valence-corrected chi connectivity index (χ1v) is 8.46. The largest absolute Gasteiger partial charge is 0.355 e. The van der Waals surface area contributed by atoms with Gasteiger partial charge in [-0.05, 0) is 50.5 Å². The smallest absolute Gasteiger partial charge is 0.148 e. The molecule has 1 aromatic rings. The van der Waals surface area contributed by atoms with Crippen LogP contribution in [0.2, 0.25) is 0 Å². The second-order valence-electron chi connectivity index (χ2n) is 6.30. The molecule has 1 saturated heterocycles. The summed E-state index contributed by atoms with van der Waals surface area (Å²) in [4.78, 5) is 7.08. The summed E-state index contributed by atoms with van der Waals surface area (Å²) in [6.45, 7) is 1.90. The maximum absolute atomic E-state index is 9.64. The first kappa shape index (κ1) is 14.9. The second-order valence-corrected chi connectivity index (χ2v) is 6.30. The van der Waals surface area contributed by atoms with Gasteiger partial charge < -0.3 is 4.90 Å². The van der Waals surface area contributed by atoms with E-state index >= 15 is 0 Å². The average Bonchev–Trinajstić information content (AvgIpc) is 2.55. The second kappa shape index (κ2) is 6.79. The number of nitriles is 2. The van der Waals surface area contributed by atoms with Gasteiger partial charge in [0, 0.05) is 18.8 Å². The number of aryl methyl sites for hydroxylation is 1. The number of nitrogens with zero attached hydrogens (tertiary/aromatic N) is 4. The number of pyridine rings is 1.